The van der Waals surface area contributed by atoms with E-state index in [0.717, 1.165) is 36.6 Å². The largest absolute Gasteiger partial charge is 0.356 e. The zero-order valence-corrected chi connectivity index (χ0v) is 16.7. The highest BCUT2D eigenvalue weighted by molar-refractivity contribution is 5.94. The molecule has 1 amide bonds. The average Bonchev–Trinajstić information content (AvgIpc) is 2.56. The molecule has 2 rings (SSSR count). The standard InChI is InChI=1S/C20H32N4O/c1-19(2)14-24(20(19,3)4)18(21-5)22-12-11-15-9-8-10-16(13-15)17(25)23(6)7/h8-10,13H,11-12,14H2,1-7H3,(H,21,22). The fraction of sp³-hybridized carbons (Fsp3) is 0.600. The molecule has 5 nitrogen and oxygen atoms in total. The van der Waals surface area contributed by atoms with E-state index >= 15 is 0 Å². The van der Waals surface area contributed by atoms with Crippen LogP contribution >= 0.6 is 0 Å². The summed E-state index contributed by atoms with van der Waals surface area (Å²) < 4.78 is 0. The molecule has 25 heavy (non-hydrogen) atoms. The monoisotopic (exact) mass is 344 g/mol. The number of hydrogen-bond acceptors (Lipinski definition) is 2. The molecular weight excluding hydrogens is 312 g/mol. The normalized spacial score (nSPS) is 18.5. The Morgan fingerprint density at radius 2 is 1.96 bits per heavy atom. The second-order valence-corrected chi connectivity index (χ2v) is 8.15. The van der Waals surface area contributed by atoms with E-state index in [1.165, 1.54) is 0 Å². The van der Waals surface area contributed by atoms with Crippen LogP contribution in [0.4, 0.5) is 0 Å². The molecule has 0 aliphatic carbocycles. The fourth-order valence-electron chi connectivity index (χ4n) is 3.13. The number of carbonyl (C=O) groups is 1. The first kappa shape index (κ1) is 19.3. The van der Waals surface area contributed by atoms with Crippen LogP contribution in [0.15, 0.2) is 29.3 Å². The van der Waals surface area contributed by atoms with E-state index < -0.39 is 0 Å². The van der Waals surface area contributed by atoms with E-state index in [0.29, 0.717) is 0 Å². The lowest BCUT2D eigenvalue weighted by Gasteiger charge is -2.62. The number of nitrogens with one attached hydrogen (secondary N) is 1. The number of guanidine groups is 1. The number of likely N-dealkylation sites (tertiary alicyclic amines) is 1. The second-order valence-electron chi connectivity index (χ2n) is 8.15. The van der Waals surface area contributed by atoms with E-state index in [2.05, 4.69) is 49.0 Å². The molecule has 1 aromatic rings. The van der Waals surface area contributed by atoms with Gasteiger partial charge in [0.15, 0.2) is 5.96 Å². The fourth-order valence-corrected chi connectivity index (χ4v) is 3.13. The predicted molar refractivity (Wildman–Crippen MR) is 104 cm³/mol. The highest BCUT2D eigenvalue weighted by Crippen LogP contribution is 2.46. The van der Waals surface area contributed by atoms with Crippen LogP contribution in [-0.2, 0) is 6.42 Å². The molecule has 1 aliphatic heterocycles. The minimum absolute atomic E-state index is 0.0372. The van der Waals surface area contributed by atoms with Crippen molar-refractivity contribution in [2.45, 2.75) is 39.7 Å². The lowest BCUT2D eigenvalue weighted by Crippen LogP contribution is -2.72. The van der Waals surface area contributed by atoms with Gasteiger partial charge >= 0.3 is 0 Å². The zero-order chi connectivity index (χ0) is 18.8. The van der Waals surface area contributed by atoms with Crippen molar-refractivity contribution in [3.8, 4) is 0 Å². The third-order valence-corrected chi connectivity index (χ3v) is 5.63. The highest BCUT2D eigenvalue weighted by atomic mass is 16.2. The number of hydrogen-bond donors (Lipinski definition) is 1. The lowest BCUT2D eigenvalue weighted by molar-refractivity contribution is -0.0666. The van der Waals surface area contributed by atoms with Gasteiger partial charge < -0.3 is 15.1 Å². The Hall–Kier alpha value is -2.04. The van der Waals surface area contributed by atoms with Gasteiger partial charge in [0.05, 0.1) is 0 Å². The van der Waals surface area contributed by atoms with Crippen molar-refractivity contribution in [2.24, 2.45) is 10.4 Å². The van der Waals surface area contributed by atoms with Crippen molar-refractivity contribution in [1.29, 1.82) is 0 Å². The van der Waals surface area contributed by atoms with Crippen LogP contribution in [0.1, 0.15) is 43.6 Å². The summed E-state index contributed by atoms with van der Waals surface area (Å²) in [5, 5.41) is 3.47. The summed E-state index contributed by atoms with van der Waals surface area (Å²) in [6.07, 6.45) is 0.852. The molecule has 0 spiro atoms. The van der Waals surface area contributed by atoms with Gasteiger partial charge in [-0.1, -0.05) is 26.0 Å². The number of benzene rings is 1. The summed E-state index contributed by atoms with van der Waals surface area (Å²) in [6, 6.07) is 7.85. The van der Waals surface area contributed by atoms with Gasteiger partial charge in [0.1, 0.15) is 0 Å². The van der Waals surface area contributed by atoms with Crippen molar-refractivity contribution in [1.82, 2.24) is 15.1 Å². The van der Waals surface area contributed by atoms with Gasteiger partial charge in [0, 0.05) is 50.7 Å². The maximum absolute atomic E-state index is 12.1. The van der Waals surface area contributed by atoms with Crippen molar-refractivity contribution < 1.29 is 4.79 Å². The van der Waals surface area contributed by atoms with Gasteiger partial charge in [-0.25, -0.2) is 0 Å². The molecule has 1 aromatic carbocycles. The number of rotatable bonds is 4. The van der Waals surface area contributed by atoms with Crippen LogP contribution in [0.2, 0.25) is 0 Å². The minimum Gasteiger partial charge on any atom is -0.356 e. The second kappa shape index (κ2) is 7.06. The Balaban J connectivity index is 1.94. The van der Waals surface area contributed by atoms with E-state index in [9.17, 15) is 4.79 Å². The van der Waals surface area contributed by atoms with Crippen molar-refractivity contribution >= 4 is 11.9 Å². The van der Waals surface area contributed by atoms with E-state index in [1.54, 1.807) is 19.0 Å². The van der Waals surface area contributed by atoms with Crippen LogP contribution in [0.3, 0.4) is 0 Å². The van der Waals surface area contributed by atoms with Crippen LogP contribution in [0.5, 0.6) is 0 Å². The topological polar surface area (TPSA) is 47.9 Å². The number of nitrogens with zero attached hydrogens (tertiary/aromatic N) is 3. The molecule has 0 radical (unpaired) electrons. The third-order valence-electron chi connectivity index (χ3n) is 5.63. The van der Waals surface area contributed by atoms with E-state index in [4.69, 9.17) is 0 Å². The molecule has 1 fully saturated rings. The molecule has 5 heteroatoms. The SMILES string of the molecule is CN=C(NCCc1cccc(C(=O)N(C)C)c1)N1CC(C)(C)C1(C)C. The number of amides is 1. The molecule has 0 unspecified atom stereocenters. The third kappa shape index (κ3) is 3.80. The first-order valence-electron chi connectivity index (χ1n) is 8.89. The molecule has 0 bridgehead atoms. The predicted octanol–water partition coefficient (Wildman–Crippen LogP) is 2.63. The molecule has 138 valence electrons. The summed E-state index contributed by atoms with van der Waals surface area (Å²) >= 11 is 0. The Bertz CT molecular complexity index is 661. The van der Waals surface area contributed by atoms with Gasteiger partial charge in [-0.05, 0) is 38.0 Å². The maximum Gasteiger partial charge on any atom is 0.253 e. The molecule has 1 N–H and O–H groups in total. The number of aliphatic imine (C=N–C) groups is 1. The quantitative estimate of drug-likeness (QED) is 0.675. The zero-order valence-electron chi connectivity index (χ0n) is 16.7. The first-order valence-corrected chi connectivity index (χ1v) is 8.89. The average molecular weight is 345 g/mol. The van der Waals surface area contributed by atoms with Crippen LogP contribution in [-0.4, -0.2) is 61.4 Å². The molecule has 0 aromatic heterocycles. The van der Waals surface area contributed by atoms with E-state index in [1.807, 2.05) is 25.2 Å². The van der Waals surface area contributed by atoms with Crippen molar-refractivity contribution in [2.75, 3.05) is 34.2 Å². The summed E-state index contributed by atoms with van der Waals surface area (Å²) in [5.74, 6) is 0.986. The van der Waals surface area contributed by atoms with Gasteiger partial charge in [0.2, 0.25) is 0 Å². The van der Waals surface area contributed by atoms with Crippen LogP contribution in [0, 0.1) is 5.41 Å². The molecule has 1 aliphatic rings. The summed E-state index contributed by atoms with van der Waals surface area (Å²) in [6.45, 7) is 10.9. The lowest BCUT2D eigenvalue weighted by atomic mass is 9.65. The van der Waals surface area contributed by atoms with Crippen LogP contribution < -0.4 is 5.32 Å². The van der Waals surface area contributed by atoms with Crippen LogP contribution in [0.25, 0.3) is 0 Å². The Labute approximate surface area is 152 Å². The van der Waals surface area contributed by atoms with Crippen molar-refractivity contribution in [3.63, 3.8) is 0 Å². The maximum atomic E-state index is 12.1. The van der Waals surface area contributed by atoms with Gasteiger partial charge in [0.25, 0.3) is 5.91 Å². The molecular formula is C20H32N4O. The van der Waals surface area contributed by atoms with Crippen molar-refractivity contribution in [3.05, 3.63) is 35.4 Å². The van der Waals surface area contributed by atoms with E-state index in [-0.39, 0.29) is 16.9 Å². The molecule has 0 saturated carbocycles. The summed E-state index contributed by atoms with van der Waals surface area (Å²) in [5.41, 5.74) is 2.26. The van der Waals surface area contributed by atoms with Gasteiger partial charge in [-0.15, -0.1) is 0 Å². The Morgan fingerprint density at radius 3 is 2.48 bits per heavy atom. The summed E-state index contributed by atoms with van der Waals surface area (Å²) in [7, 11) is 5.38. The van der Waals surface area contributed by atoms with Gasteiger partial charge in [-0.2, -0.15) is 0 Å². The first-order chi connectivity index (χ1) is 11.6. The smallest absolute Gasteiger partial charge is 0.253 e. The molecule has 1 saturated heterocycles. The Morgan fingerprint density at radius 1 is 1.28 bits per heavy atom. The summed E-state index contributed by atoms with van der Waals surface area (Å²) in [4.78, 5) is 20.5. The highest BCUT2D eigenvalue weighted by Gasteiger charge is 2.53. The number of carbonyl (C=O) groups excluding carboxylic acids is 1. The van der Waals surface area contributed by atoms with Gasteiger partial charge in [-0.3, -0.25) is 9.79 Å². The Kier molecular flexibility index (Phi) is 5.45. The molecule has 1 heterocycles. The minimum atomic E-state index is 0.0372. The molecule has 0 atom stereocenters.